The number of benzene rings is 3. The minimum atomic E-state index is -0.794. The fraction of sp³-hybridized carbons (Fsp3) is 0.333. The van der Waals surface area contributed by atoms with E-state index in [1.807, 2.05) is 77.1 Å². The molecule has 1 aliphatic heterocycles. The maximum atomic E-state index is 13.5. The van der Waals surface area contributed by atoms with Crippen molar-refractivity contribution in [1.82, 2.24) is 4.90 Å². The number of hydrogen-bond donors (Lipinski definition) is 1. The van der Waals surface area contributed by atoms with Gasteiger partial charge in [0.2, 0.25) is 0 Å². The van der Waals surface area contributed by atoms with E-state index in [1.54, 1.807) is 38.5 Å². The van der Waals surface area contributed by atoms with E-state index < -0.39 is 17.7 Å². The quantitative estimate of drug-likeness (QED) is 0.201. The van der Waals surface area contributed by atoms with Crippen molar-refractivity contribution in [3.63, 3.8) is 0 Å². The number of carbonyl (C=O) groups excluding carboxylic acids is 2. The Morgan fingerprint density at radius 1 is 0.900 bits per heavy atom. The average molecular weight is 544 g/mol. The highest BCUT2D eigenvalue weighted by Gasteiger charge is 2.46. The molecule has 0 saturated carbocycles. The number of nitrogens with zero attached hydrogens (tertiary/aromatic N) is 1. The van der Waals surface area contributed by atoms with Crippen LogP contribution in [-0.4, -0.2) is 42.0 Å². The Bertz CT molecular complexity index is 1410. The third-order valence-electron chi connectivity index (χ3n) is 6.90. The van der Waals surface area contributed by atoms with Gasteiger partial charge in [-0.05, 0) is 72.9 Å². The lowest BCUT2D eigenvalue weighted by atomic mass is 9.84. The van der Waals surface area contributed by atoms with Gasteiger partial charge in [-0.2, -0.15) is 0 Å². The van der Waals surface area contributed by atoms with Crippen molar-refractivity contribution in [3.8, 4) is 17.2 Å². The Hall–Kier alpha value is -4.26. The van der Waals surface area contributed by atoms with Crippen LogP contribution in [-0.2, 0) is 21.5 Å². The summed E-state index contributed by atoms with van der Waals surface area (Å²) in [4.78, 5) is 28.5. The fourth-order valence-electron chi connectivity index (χ4n) is 4.92. The lowest BCUT2D eigenvalue weighted by Crippen LogP contribution is -2.29. The number of hydrogen-bond acceptors (Lipinski definition) is 6. The van der Waals surface area contributed by atoms with Gasteiger partial charge < -0.3 is 24.2 Å². The Balaban J connectivity index is 1.82. The molecule has 1 atom stereocenters. The van der Waals surface area contributed by atoms with E-state index in [4.69, 9.17) is 14.2 Å². The van der Waals surface area contributed by atoms with Gasteiger partial charge in [0, 0.05) is 17.7 Å². The van der Waals surface area contributed by atoms with Crippen LogP contribution in [0.25, 0.3) is 5.76 Å². The zero-order chi connectivity index (χ0) is 29.2. The van der Waals surface area contributed by atoms with Crippen molar-refractivity contribution in [2.45, 2.75) is 58.7 Å². The highest BCUT2D eigenvalue weighted by molar-refractivity contribution is 6.46. The van der Waals surface area contributed by atoms with Gasteiger partial charge in [-0.1, -0.05) is 45.0 Å². The van der Waals surface area contributed by atoms with E-state index >= 15 is 0 Å². The molecule has 0 aliphatic carbocycles. The first-order chi connectivity index (χ1) is 18.9. The molecule has 1 amide bonds. The van der Waals surface area contributed by atoms with E-state index in [0.29, 0.717) is 22.6 Å². The highest BCUT2D eigenvalue weighted by Crippen LogP contribution is 2.42. The summed E-state index contributed by atoms with van der Waals surface area (Å²) < 4.78 is 16.6. The van der Waals surface area contributed by atoms with Crippen molar-refractivity contribution < 1.29 is 28.9 Å². The van der Waals surface area contributed by atoms with Gasteiger partial charge in [0.15, 0.2) is 0 Å². The van der Waals surface area contributed by atoms with Crippen LogP contribution in [0, 0.1) is 0 Å². The van der Waals surface area contributed by atoms with Gasteiger partial charge in [0.05, 0.1) is 31.9 Å². The molecule has 0 aromatic heterocycles. The molecule has 1 unspecified atom stereocenters. The summed E-state index contributed by atoms with van der Waals surface area (Å²) >= 11 is 0. The number of ketones is 1. The smallest absolute Gasteiger partial charge is 0.295 e. The second-order valence-electron chi connectivity index (χ2n) is 11.2. The highest BCUT2D eigenvalue weighted by atomic mass is 16.5. The van der Waals surface area contributed by atoms with Gasteiger partial charge in [0.1, 0.15) is 23.0 Å². The SMILES string of the molecule is COc1ccc(C2/C(=C(/O)c3ccc(OC)c(C(C)(C)C)c3)C(=O)C(=O)N2Cc2ccc(OC(C)C)cc2)cc1. The summed E-state index contributed by atoms with van der Waals surface area (Å²) in [6.45, 7) is 10.2. The molecule has 1 N–H and O–H groups in total. The number of aliphatic hydroxyl groups is 1. The Morgan fingerprint density at radius 2 is 1.52 bits per heavy atom. The summed E-state index contributed by atoms with van der Waals surface area (Å²) in [5, 5.41) is 11.6. The van der Waals surface area contributed by atoms with Crippen LogP contribution in [0.1, 0.15) is 62.9 Å². The molecule has 3 aromatic carbocycles. The largest absolute Gasteiger partial charge is 0.507 e. The van der Waals surface area contributed by atoms with Crippen molar-refractivity contribution in [1.29, 1.82) is 0 Å². The zero-order valence-electron chi connectivity index (χ0n) is 24.1. The molecule has 1 fully saturated rings. The molecular formula is C33H37NO6. The second-order valence-corrected chi connectivity index (χ2v) is 11.2. The standard InChI is InChI=1S/C33H37NO6/c1-20(2)40-25-13-8-21(9-14-25)19-34-29(22-10-15-24(38-6)16-11-22)28(31(36)32(34)37)30(35)23-12-17-27(39-7)26(18-23)33(3,4)5/h8-18,20,29,35H,19H2,1-7H3/b30-28-. The second kappa shape index (κ2) is 11.5. The van der Waals surface area contributed by atoms with Crippen LogP contribution in [0.15, 0.2) is 72.3 Å². The molecule has 40 heavy (non-hydrogen) atoms. The lowest BCUT2D eigenvalue weighted by molar-refractivity contribution is -0.140. The molecule has 3 aromatic rings. The van der Waals surface area contributed by atoms with E-state index in [9.17, 15) is 14.7 Å². The van der Waals surface area contributed by atoms with Crippen molar-refractivity contribution in [3.05, 3.63) is 94.6 Å². The van der Waals surface area contributed by atoms with Crippen molar-refractivity contribution in [2.24, 2.45) is 0 Å². The van der Waals surface area contributed by atoms with Crippen LogP contribution in [0.3, 0.4) is 0 Å². The molecule has 7 heteroatoms. The summed E-state index contributed by atoms with van der Waals surface area (Å²) in [7, 11) is 3.17. The van der Waals surface area contributed by atoms with Crippen LogP contribution in [0.2, 0.25) is 0 Å². The number of ether oxygens (including phenoxy) is 3. The number of amides is 1. The molecule has 0 radical (unpaired) electrons. The molecule has 1 saturated heterocycles. The average Bonchev–Trinajstić information content (AvgIpc) is 3.17. The number of Topliss-reactive ketones (excluding diaryl/α,β-unsaturated/α-hetero) is 1. The zero-order valence-corrected chi connectivity index (χ0v) is 24.1. The first-order valence-corrected chi connectivity index (χ1v) is 13.3. The number of aliphatic hydroxyl groups excluding tert-OH is 1. The monoisotopic (exact) mass is 543 g/mol. The molecule has 7 nitrogen and oxygen atoms in total. The summed E-state index contributed by atoms with van der Waals surface area (Å²) in [5.41, 5.74) is 2.59. The minimum Gasteiger partial charge on any atom is -0.507 e. The van der Waals surface area contributed by atoms with Crippen molar-refractivity contribution in [2.75, 3.05) is 14.2 Å². The molecule has 0 bridgehead atoms. The maximum absolute atomic E-state index is 13.5. The van der Waals surface area contributed by atoms with Gasteiger partial charge in [0.25, 0.3) is 11.7 Å². The van der Waals surface area contributed by atoms with Gasteiger partial charge >= 0.3 is 0 Å². The number of methoxy groups -OCH3 is 2. The van der Waals surface area contributed by atoms with E-state index in [-0.39, 0.29) is 29.4 Å². The van der Waals surface area contributed by atoms with Gasteiger partial charge in [-0.25, -0.2) is 0 Å². The summed E-state index contributed by atoms with van der Waals surface area (Å²) in [5.74, 6) is 0.422. The van der Waals surface area contributed by atoms with Crippen LogP contribution in [0.5, 0.6) is 17.2 Å². The Kier molecular flexibility index (Phi) is 8.24. The normalized spacial score (nSPS) is 16.9. The van der Waals surface area contributed by atoms with E-state index in [2.05, 4.69) is 0 Å². The predicted octanol–water partition coefficient (Wildman–Crippen LogP) is 6.41. The Morgan fingerprint density at radius 3 is 2.08 bits per heavy atom. The van der Waals surface area contributed by atoms with Gasteiger partial charge in [-0.3, -0.25) is 9.59 Å². The molecule has 210 valence electrons. The summed E-state index contributed by atoms with van der Waals surface area (Å²) in [6, 6.07) is 19.1. The van der Waals surface area contributed by atoms with E-state index in [0.717, 1.165) is 16.9 Å². The summed E-state index contributed by atoms with van der Waals surface area (Å²) in [6.07, 6.45) is 0.0375. The lowest BCUT2D eigenvalue weighted by Gasteiger charge is -2.26. The topological polar surface area (TPSA) is 85.3 Å². The third-order valence-corrected chi connectivity index (χ3v) is 6.90. The number of likely N-dealkylation sites (tertiary alicyclic amines) is 1. The van der Waals surface area contributed by atoms with Crippen LogP contribution < -0.4 is 14.2 Å². The first-order valence-electron chi connectivity index (χ1n) is 13.3. The fourth-order valence-corrected chi connectivity index (χ4v) is 4.92. The molecule has 0 spiro atoms. The predicted molar refractivity (Wildman–Crippen MR) is 155 cm³/mol. The Labute approximate surface area is 236 Å². The van der Waals surface area contributed by atoms with Crippen LogP contribution in [0.4, 0.5) is 0 Å². The number of rotatable bonds is 8. The maximum Gasteiger partial charge on any atom is 0.295 e. The minimum absolute atomic E-state index is 0.0375. The number of carbonyl (C=O) groups is 2. The van der Waals surface area contributed by atoms with E-state index in [1.165, 1.54) is 4.90 Å². The first kappa shape index (κ1) is 28.7. The van der Waals surface area contributed by atoms with Crippen molar-refractivity contribution >= 4 is 17.4 Å². The molecular weight excluding hydrogens is 506 g/mol. The third kappa shape index (κ3) is 5.83. The molecule has 4 rings (SSSR count). The van der Waals surface area contributed by atoms with Gasteiger partial charge in [-0.15, -0.1) is 0 Å². The van der Waals surface area contributed by atoms with Crippen LogP contribution >= 0.6 is 0 Å². The molecule has 1 heterocycles. The molecule has 1 aliphatic rings.